The summed E-state index contributed by atoms with van der Waals surface area (Å²) in [7, 11) is -4.04. The fraction of sp³-hybridized carbons (Fsp3) is 0. The van der Waals surface area contributed by atoms with E-state index in [1.807, 2.05) is 0 Å². The molecular formula is C12H7N3O4S2. The molecule has 9 heteroatoms. The number of nitriles is 1. The molecule has 106 valence electrons. The molecule has 0 unspecified atom stereocenters. The number of rotatable bonds is 4. The smallest absolute Gasteiger partial charge is 0.258 e. The van der Waals surface area contributed by atoms with Crippen LogP contribution in [-0.2, 0) is 9.84 Å². The van der Waals surface area contributed by atoms with Gasteiger partial charge in [-0.05, 0) is 23.8 Å². The second-order valence-electron chi connectivity index (χ2n) is 3.77. The van der Waals surface area contributed by atoms with Crippen LogP contribution in [-0.4, -0.2) is 18.3 Å². The molecule has 0 aromatic carbocycles. The molecular weight excluding hydrogens is 314 g/mol. The van der Waals surface area contributed by atoms with Crippen LogP contribution in [0, 0.1) is 21.4 Å². The van der Waals surface area contributed by atoms with Crippen molar-refractivity contribution in [1.82, 2.24) is 4.98 Å². The van der Waals surface area contributed by atoms with E-state index in [1.54, 1.807) is 12.1 Å². The lowest BCUT2D eigenvalue weighted by Gasteiger charge is -2.00. The molecule has 2 aromatic rings. The standard InChI is InChI=1S/C12H7N3O4S2/c13-7-10(5-9-6-12(15(16)17)20-8-9)21(18,19)11-3-1-2-4-14-11/h1-6,8H. The monoisotopic (exact) mass is 321 g/mol. The van der Waals surface area contributed by atoms with E-state index in [2.05, 4.69) is 4.98 Å². The largest absolute Gasteiger partial charge is 0.324 e. The summed E-state index contributed by atoms with van der Waals surface area (Å²) >= 11 is 0.853. The number of thiophene rings is 1. The van der Waals surface area contributed by atoms with Crippen LogP contribution in [0.4, 0.5) is 5.00 Å². The van der Waals surface area contributed by atoms with Gasteiger partial charge in [-0.3, -0.25) is 10.1 Å². The number of hydrogen-bond donors (Lipinski definition) is 0. The number of sulfone groups is 1. The predicted molar refractivity (Wildman–Crippen MR) is 76.0 cm³/mol. The van der Waals surface area contributed by atoms with Crippen LogP contribution in [0.3, 0.4) is 0 Å². The van der Waals surface area contributed by atoms with Gasteiger partial charge in [-0.15, -0.1) is 0 Å². The second-order valence-corrected chi connectivity index (χ2v) is 6.52. The molecule has 0 N–H and O–H groups in total. The Kier molecular flexibility index (Phi) is 4.11. The topological polar surface area (TPSA) is 114 Å². The number of hydrogen-bond acceptors (Lipinski definition) is 7. The van der Waals surface area contributed by atoms with Crippen molar-refractivity contribution in [1.29, 1.82) is 5.26 Å². The van der Waals surface area contributed by atoms with Crippen molar-refractivity contribution in [2.75, 3.05) is 0 Å². The maximum absolute atomic E-state index is 12.2. The fourth-order valence-corrected chi connectivity index (χ4v) is 3.23. The van der Waals surface area contributed by atoms with Crippen LogP contribution >= 0.6 is 11.3 Å². The highest BCUT2D eigenvalue weighted by Crippen LogP contribution is 2.26. The van der Waals surface area contributed by atoms with Crippen molar-refractivity contribution >= 4 is 32.3 Å². The van der Waals surface area contributed by atoms with E-state index >= 15 is 0 Å². The zero-order valence-electron chi connectivity index (χ0n) is 10.3. The maximum atomic E-state index is 12.2. The molecule has 0 aliphatic carbocycles. The first kappa shape index (κ1) is 14.8. The molecule has 0 aliphatic rings. The van der Waals surface area contributed by atoms with Gasteiger partial charge in [-0.1, -0.05) is 17.4 Å². The van der Waals surface area contributed by atoms with Crippen molar-refractivity contribution in [3.63, 3.8) is 0 Å². The van der Waals surface area contributed by atoms with Crippen molar-refractivity contribution < 1.29 is 13.3 Å². The molecule has 0 fully saturated rings. The number of pyridine rings is 1. The molecule has 2 rings (SSSR count). The van der Waals surface area contributed by atoms with E-state index < -0.39 is 19.7 Å². The van der Waals surface area contributed by atoms with Crippen LogP contribution in [0.5, 0.6) is 0 Å². The van der Waals surface area contributed by atoms with E-state index in [9.17, 15) is 18.5 Å². The van der Waals surface area contributed by atoms with Crippen LogP contribution in [0.1, 0.15) is 5.56 Å². The van der Waals surface area contributed by atoms with Crippen molar-refractivity contribution in [3.05, 3.63) is 56.4 Å². The third-order valence-electron chi connectivity index (χ3n) is 2.40. The average molecular weight is 321 g/mol. The lowest BCUT2D eigenvalue weighted by molar-refractivity contribution is -0.380. The van der Waals surface area contributed by atoms with Gasteiger partial charge in [0, 0.05) is 17.6 Å². The number of nitrogens with zero attached hydrogens (tertiary/aromatic N) is 3. The Hall–Kier alpha value is -2.57. The highest BCUT2D eigenvalue weighted by molar-refractivity contribution is 7.95. The van der Waals surface area contributed by atoms with Gasteiger partial charge in [0.15, 0.2) is 9.93 Å². The first-order chi connectivity index (χ1) is 9.95. The minimum atomic E-state index is -4.04. The SMILES string of the molecule is N#CC(=Cc1csc([N+](=O)[O-])c1)S(=O)(=O)c1ccccn1. The Labute approximate surface area is 123 Å². The molecule has 21 heavy (non-hydrogen) atoms. The molecule has 0 saturated carbocycles. The first-order valence-corrected chi connectivity index (χ1v) is 7.82. The highest BCUT2D eigenvalue weighted by atomic mass is 32.2. The summed E-state index contributed by atoms with van der Waals surface area (Å²) in [6, 6.07) is 7.12. The van der Waals surface area contributed by atoms with Crippen LogP contribution in [0.25, 0.3) is 6.08 Å². The lowest BCUT2D eigenvalue weighted by atomic mass is 10.3. The van der Waals surface area contributed by atoms with Crippen LogP contribution in [0.2, 0.25) is 0 Å². The minimum Gasteiger partial charge on any atom is -0.258 e. The van der Waals surface area contributed by atoms with Gasteiger partial charge in [0.2, 0.25) is 9.84 Å². The highest BCUT2D eigenvalue weighted by Gasteiger charge is 2.22. The Balaban J connectivity index is 2.46. The molecule has 0 atom stereocenters. The van der Waals surface area contributed by atoms with Gasteiger partial charge >= 0.3 is 5.00 Å². The van der Waals surface area contributed by atoms with Gasteiger partial charge < -0.3 is 0 Å². The third-order valence-corrected chi connectivity index (χ3v) is 4.88. The molecule has 0 amide bonds. The lowest BCUT2D eigenvalue weighted by Crippen LogP contribution is -2.05. The summed E-state index contributed by atoms with van der Waals surface area (Å²) in [6.45, 7) is 0. The predicted octanol–water partition coefficient (Wildman–Crippen LogP) is 2.39. The fourth-order valence-electron chi connectivity index (χ4n) is 1.45. The molecule has 7 nitrogen and oxygen atoms in total. The Morgan fingerprint density at radius 2 is 2.24 bits per heavy atom. The van der Waals surface area contributed by atoms with E-state index in [-0.39, 0.29) is 15.6 Å². The summed E-state index contributed by atoms with van der Waals surface area (Å²) < 4.78 is 24.4. The zero-order chi connectivity index (χ0) is 15.5. The van der Waals surface area contributed by atoms with Gasteiger partial charge in [-0.25, -0.2) is 13.4 Å². The Bertz CT molecular complexity index is 848. The number of allylic oxidation sites excluding steroid dienone is 1. The quantitative estimate of drug-likeness (QED) is 0.485. The van der Waals surface area contributed by atoms with E-state index in [0.717, 1.165) is 17.4 Å². The summed E-state index contributed by atoms with van der Waals surface area (Å²) in [5, 5.41) is 20.7. The Morgan fingerprint density at radius 3 is 2.76 bits per heavy atom. The molecule has 0 saturated heterocycles. The molecule has 2 heterocycles. The van der Waals surface area contributed by atoms with Gasteiger partial charge in [0.05, 0.1) is 4.92 Å². The minimum absolute atomic E-state index is 0.131. The van der Waals surface area contributed by atoms with E-state index in [1.165, 1.54) is 29.8 Å². The second kappa shape index (κ2) is 5.82. The Morgan fingerprint density at radius 1 is 1.48 bits per heavy atom. The summed E-state index contributed by atoms with van der Waals surface area (Å²) in [4.78, 5) is 13.2. The summed E-state index contributed by atoms with van der Waals surface area (Å²) in [5.41, 5.74) is 0.280. The van der Waals surface area contributed by atoms with Gasteiger partial charge in [0.1, 0.15) is 6.07 Å². The average Bonchev–Trinajstić information content (AvgIpc) is 2.94. The first-order valence-electron chi connectivity index (χ1n) is 5.46. The number of aromatic nitrogens is 1. The summed E-state index contributed by atoms with van der Waals surface area (Å²) in [5.74, 6) is 0. The van der Waals surface area contributed by atoms with Crippen molar-refractivity contribution in [3.8, 4) is 6.07 Å². The van der Waals surface area contributed by atoms with Gasteiger partial charge in [0.25, 0.3) is 0 Å². The molecule has 0 radical (unpaired) electrons. The molecule has 0 spiro atoms. The zero-order valence-corrected chi connectivity index (χ0v) is 12.0. The van der Waals surface area contributed by atoms with Crippen LogP contribution in [0.15, 0.2) is 45.8 Å². The summed E-state index contributed by atoms with van der Waals surface area (Å²) in [6.07, 6.45) is 2.39. The van der Waals surface area contributed by atoms with Crippen molar-refractivity contribution in [2.24, 2.45) is 0 Å². The van der Waals surface area contributed by atoms with Gasteiger partial charge in [-0.2, -0.15) is 5.26 Å². The van der Waals surface area contributed by atoms with Crippen LogP contribution < -0.4 is 0 Å². The molecule has 0 aliphatic heterocycles. The van der Waals surface area contributed by atoms with E-state index in [0.29, 0.717) is 0 Å². The number of nitro groups is 1. The molecule has 2 aromatic heterocycles. The van der Waals surface area contributed by atoms with E-state index in [4.69, 9.17) is 5.26 Å². The maximum Gasteiger partial charge on any atom is 0.324 e. The van der Waals surface area contributed by atoms with Crippen molar-refractivity contribution in [2.45, 2.75) is 5.03 Å². The normalized spacial score (nSPS) is 11.9. The third kappa shape index (κ3) is 3.13. The molecule has 0 bridgehead atoms.